The number of hydrogen-bond acceptors (Lipinski definition) is 3. The lowest BCUT2D eigenvalue weighted by molar-refractivity contribution is -0.108. The van der Waals surface area contributed by atoms with Crippen LogP contribution in [0.15, 0.2) is 24.4 Å². The molecule has 0 saturated carbocycles. The second-order valence-electron chi connectivity index (χ2n) is 3.60. The Morgan fingerprint density at radius 3 is 2.71 bits per heavy atom. The molecule has 0 bridgehead atoms. The Bertz CT molecular complexity index is 680. The van der Waals surface area contributed by atoms with Crippen LogP contribution in [0, 0.1) is 11.3 Å². The largest absolute Gasteiger partial charge is 0.350 e. The normalized spacial score (nSPS) is 10.2. The Morgan fingerprint density at radius 1 is 1.41 bits per heavy atom. The number of carbonyl (C=O) groups is 2. The molecular formula is C12H7ClN2O2. The average molecular weight is 247 g/mol. The van der Waals surface area contributed by atoms with E-state index in [9.17, 15) is 9.59 Å². The van der Waals surface area contributed by atoms with Gasteiger partial charge >= 0.3 is 0 Å². The fourth-order valence-electron chi connectivity index (χ4n) is 1.75. The SMILES string of the molecule is Cn1cc(C(=O)C(=O)Cl)c2cc(C#N)ccc21. The van der Waals surface area contributed by atoms with Gasteiger partial charge in [0.25, 0.3) is 5.24 Å². The number of ketones is 1. The quantitative estimate of drug-likeness (QED) is 0.463. The topological polar surface area (TPSA) is 62.9 Å². The molecule has 0 N–H and O–H groups in total. The maximum absolute atomic E-state index is 11.6. The van der Waals surface area contributed by atoms with E-state index in [1.807, 2.05) is 6.07 Å². The summed E-state index contributed by atoms with van der Waals surface area (Å²) in [5, 5.41) is 8.34. The molecule has 0 unspecified atom stereocenters. The van der Waals surface area contributed by atoms with Crippen LogP contribution >= 0.6 is 11.6 Å². The van der Waals surface area contributed by atoms with E-state index in [2.05, 4.69) is 0 Å². The van der Waals surface area contributed by atoms with Crippen molar-refractivity contribution in [2.24, 2.45) is 7.05 Å². The maximum Gasteiger partial charge on any atom is 0.293 e. The van der Waals surface area contributed by atoms with Crippen LogP contribution in [-0.4, -0.2) is 15.6 Å². The third kappa shape index (κ3) is 1.81. The van der Waals surface area contributed by atoms with E-state index in [4.69, 9.17) is 16.9 Å². The fraction of sp³-hybridized carbons (Fsp3) is 0.0833. The Hall–Kier alpha value is -2.12. The molecule has 4 nitrogen and oxygen atoms in total. The Morgan fingerprint density at radius 2 is 2.12 bits per heavy atom. The average Bonchev–Trinajstić information content (AvgIpc) is 2.65. The number of rotatable bonds is 2. The van der Waals surface area contributed by atoms with Crippen molar-refractivity contribution in [1.82, 2.24) is 4.57 Å². The van der Waals surface area contributed by atoms with Crippen molar-refractivity contribution >= 4 is 33.5 Å². The number of nitrogens with zero attached hydrogens (tertiary/aromatic N) is 2. The van der Waals surface area contributed by atoms with Crippen LogP contribution < -0.4 is 0 Å². The molecule has 17 heavy (non-hydrogen) atoms. The van der Waals surface area contributed by atoms with Crippen LogP contribution in [0.4, 0.5) is 0 Å². The van der Waals surface area contributed by atoms with E-state index in [1.54, 1.807) is 29.8 Å². The van der Waals surface area contributed by atoms with Gasteiger partial charge in [-0.2, -0.15) is 5.26 Å². The number of fused-ring (bicyclic) bond motifs is 1. The van der Waals surface area contributed by atoms with Gasteiger partial charge in [-0.1, -0.05) is 0 Å². The van der Waals surface area contributed by atoms with Crippen molar-refractivity contribution in [3.05, 3.63) is 35.5 Å². The summed E-state index contributed by atoms with van der Waals surface area (Å²) in [6, 6.07) is 6.93. The number of hydrogen-bond donors (Lipinski definition) is 0. The lowest BCUT2D eigenvalue weighted by Gasteiger charge is -1.96. The molecule has 0 aliphatic rings. The van der Waals surface area contributed by atoms with Gasteiger partial charge in [-0.3, -0.25) is 9.59 Å². The third-order valence-corrected chi connectivity index (χ3v) is 2.71. The number of aromatic nitrogens is 1. The molecule has 1 heterocycles. The summed E-state index contributed by atoms with van der Waals surface area (Å²) in [5.74, 6) is -0.757. The summed E-state index contributed by atoms with van der Waals surface area (Å²) in [5.41, 5.74) is 1.42. The molecule has 2 aromatic rings. The summed E-state index contributed by atoms with van der Waals surface area (Å²) >= 11 is 5.18. The minimum absolute atomic E-state index is 0.222. The Kier molecular flexibility index (Phi) is 2.70. The van der Waals surface area contributed by atoms with E-state index in [1.165, 1.54) is 6.20 Å². The van der Waals surface area contributed by atoms with E-state index in [0.717, 1.165) is 5.52 Å². The number of halogens is 1. The van der Waals surface area contributed by atoms with E-state index in [-0.39, 0.29) is 5.56 Å². The van der Waals surface area contributed by atoms with Crippen LogP contribution in [0.1, 0.15) is 15.9 Å². The van der Waals surface area contributed by atoms with Crippen molar-refractivity contribution in [3.8, 4) is 6.07 Å². The maximum atomic E-state index is 11.6. The number of nitriles is 1. The first-order chi connectivity index (χ1) is 8.04. The first kappa shape index (κ1) is 11.4. The number of benzene rings is 1. The van der Waals surface area contributed by atoms with Crippen molar-refractivity contribution in [3.63, 3.8) is 0 Å². The molecule has 2 rings (SSSR count). The predicted molar refractivity (Wildman–Crippen MR) is 62.8 cm³/mol. The van der Waals surface area contributed by atoms with Gasteiger partial charge in [0.15, 0.2) is 0 Å². The first-order valence-electron chi connectivity index (χ1n) is 4.78. The molecule has 1 aromatic carbocycles. The molecule has 0 atom stereocenters. The highest BCUT2D eigenvalue weighted by molar-refractivity contribution is 6.83. The number of carbonyl (C=O) groups excluding carboxylic acids is 2. The van der Waals surface area contributed by atoms with E-state index < -0.39 is 11.0 Å². The second kappa shape index (κ2) is 4.04. The highest BCUT2D eigenvalue weighted by Gasteiger charge is 2.19. The Balaban J connectivity index is 2.77. The molecule has 0 aliphatic heterocycles. The molecule has 5 heteroatoms. The standard InChI is InChI=1S/C12H7ClN2O2/c1-15-6-9(11(16)12(13)17)8-4-7(5-14)2-3-10(8)15/h2-4,6H,1H3. The zero-order valence-electron chi connectivity index (χ0n) is 8.90. The van der Waals surface area contributed by atoms with Gasteiger partial charge in [0, 0.05) is 24.1 Å². The highest BCUT2D eigenvalue weighted by Crippen LogP contribution is 2.22. The minimum atomic E-state index is -1.03. The fourth-order valence-corrected chi connectivity index (χ4v) is 1.85. The molecular weight excluding hydrogens is 240 g/mol. The summed E-state index contributed by atoms with van der Waals surface area (Å²) in [7, 11) is 1.75. The lowest BCUT2D eigenvalue weighted by atomic mass is 10.1. The van der Waals surface area contributed by atoms with Gasteiger partial charge < -0.3 is 4.57 Å². The van der Waals surface area contributed by atoms with Gasteiger partial charge in [0.05, 0.1) is 17.2 Å². The molecule has 0 spiro atoms. The summed E-state index contributed by atoms with van der Waals surface area (Å²) in [6.07, 6.45) is 1.54. The second-order valence-corrected chi connectivity index (χ2v) is 3.94. The van der Waals surface area contributed by atoms with Crippen molar-refractivity contribution in [2.45, 2.75) is 0 Å². The van der Waals surface area contributed by atoms with Gasteiger partial charge in [-0.05, 0) is 29.8 Å². The molecule has 0 fully saturated rings. The number of aryl methyl sites for hydroxylation is 1. The molecule has 0 saturated heterocycles. The van der Waals surface area contributed by atoms with Crippen molar-refractivity contribution < 1.29 is 9.59 Å². The van der Waals surface area contributed by atoms with Crippen LogP contribution in [0.5, 0.6) is 0 Å². The smallest absolute Gasteiger partial charge is 0.293 e. The minimum Gasteiger partial charge on any atom is -0.350 e. The van der Waals surface area contributed by atoms with Crippen molar-refractivity contribution in [1.29, 1.82) is 5.26 Å². The van der Waals surface area contributed by atoms with Crippen LogP contribution in [0.25, 0.3) is 10.9 Å². The highest BCUT2D eigenvalue weighted by atomic mass is 35.5. The summed E-state index contributed by atoms with van der Waals surface area (Å²) in [6.45, 7) is 0. The molecule has 0 aliphatic carbocycles. The van der Waals surface area contributed by atoms with Crippen LogP contribution in [0.3, 0.4) is 0 Å². The zero-order valence-corrected chi connectivity index (χ0v) is 9.65. The zero-order chi connectivity index (χ0) is 12.6. The van der Waals surface area contributed by atoms with Crippen LogP contribution in [-0.2, 0) is 11.8 Å². The van der Waals surface area contributed by atoms with E-state index in [0.29, 0.717) is 10.9 Å². The van der Waals surface area contributed by atoms with Crippen LogP contribution in [0.2, 0.25) is 0 Å². The molecule has 0 amide bonds. The predicted octanol–water partition coefficient (Wildman–Crippen LogP) is 2.00. The summed E-state index contributed by atoms with van der Waals surface area (Å²) in [4.78, 5) is 22.5. The summed E-state index contributed by atoms with van der Waals surface area (Å²) < 4.78 is 1.71. The van der Waals surface area contributed by atoms with Gasteiger partial charge in [-0.15, -0.1) is 0 Å². The lowest BCUT2D eigenvalue weighted by Crippen LogP contribution is -2.06. The third-order valence-electron chi connectivity index (χ3n) is 2.54. The molecule has 0 radical (unpaired) electrons. The Labute approximate surface area is 102 Å². The van der Waals surface area contributed by atoms with Gasteiger partial charge in [-0.25, -0.2) is 0 Å². The van der Waals surface area contributed by atoms with Gasteiger partial charge in [0.1, 0.15) is 0 Å². The monoisotopic (exact) mass is 246 g/mol. The molecule has 1 aromatic heterocycles. The first-order valence-corrected chi connectivity index (χ1v) is 5.15. The van der Waals surface area contributed by atoms with Crippen molar-refractivity contribution in [2.75, 3.05) is 0 Å². The van der Waals surface area contributed by atoms with E-state index >= 15 is 0 Å². The molecule has 84 valence electrons. The number of Topliss-reactive ketones (excluding diaryl/α,β-unsaturated/α-hetero) is 1. The van der Waals surface area contributed by atoms with Gasteiger partial charge in [0.2, 0.25) is 5.78 Å².